The number of anilines is 1. The third-order valence-electron chi connectivity index (χ3n) is 2.85. The fourth-order valence-corrected chi connectivity index (χ4v) is 1.80. The lowest BCUT2D eigenvalue weighted by atomic mass is 10.1. The molecule has 21 heavy (non-hydrogen) atoms. The monoisotopic (exact) mass is 286 g/mol. The number of carbonyl (C=O) groups is 2. The van der Waals surface area contributed by atoms with Crippen molar-refractivity contribution in [3.63, 3.8) is 0 Å². The van der Waals surface area contributed by atoms with Crippen molar-refractivity contribution in [2.24, 2.45) is 0 Å². The van der Waals surface area contributed by atoms with Gasteiger partial charge >= 0.3 is 5.97 Å². The summed E-state index contributed by atoms with van der Waals surface area (Å²) in [4.78, 5) is 26.4. The molecule has 0 fully saturated rings. The Balaban J connectivity index is 1.95. The molecule has 0 saturated heterocycles. The maximum absolute atomic E-state index is 11.8. The molecule has 0 radical (unpaired) electrons. The van der Waals surface area contributed by atoms with Crippen molar-refractivity contribution in [1.82, 2.24) is 4.98 Å². The molecule has 1 heterocycles. The van der Waals surface area contributed by atoms with E-state index in [2.05, 4.69) is 10.3 Å². The van der Waals surface area contributed by atoms with Crippen LogP contribution >= 0.6 is 0 Å². The van der Waals surface area contributed by atoms with Gasteiger partial charge in [0.25, 0.3) is 0 Å². The number of para-hydroxylation sites is 1. The lowest BCUT2D eigenvalue weighted by Crippen LogP contribution is -2.14. The smallest absolute Gasteiger partial charge is 0.354 e. The van der Waals surface area contributed by atoms with Gasteiger partial charge < -0.3 is 15.5 Å². The highest BCUT2D eigenvalue weighted by Gasteiger charge is 2.09. The summed E-state index contributed by atoms with van der Waals surface area (Å²) in [7, 11) is 0. The number of aromatic hydroxyl groups is 1. The van der Waals surface area contributed by atoms with Crippen molar-refractivity contribution in [3.05, 3.63) is 53.7 Å². The van der Waals surface area contributed by atoms with Crippen molar-refractivity contribution < 1.29 is 19.8 Å². The highest BCUT2D eigenvalue weighted by Crippen LogP contribution is 2.17. The molecule has 6 heteroatoms. The first-order chi connectivity index (χ1) is 10.1. The molecule has 1 aromatic carbocycles. The molecule has 2 rings (SSSR count). The molecule has 0 aliphatic carbocycles. The van der Waals surface area contributed by atoms with Crippen LogP contribution in [0.3, 0.4) is 0 Å². The Bertz CT molecular complexity index is 670. The van der Waals surface area contributed by atoms with E-state index in [4.69, 9.17) is 5.11 Å². The van der Waals surface area contributed by atoms with Crippen molar-refractivity contribution in [1.29, 1.82) is 0 Å². The van der Waals surface area contributed by atoms with Gasteiger partial charge in [0.1, 0.15) is 11.6 Å². The van der Waals surface area contributed by atoms with Gasteiger partial charge in [-0.3, -0.25) is 4.79 Å². The van der Waals surface area contributed by atoms with E-state index in [9.17, 15) is 14.7 Å². The summed E-state index contributed by atoms with van der Waals surface area (Å²) in [5.41, 5.74) is 0.549. The molecule has 0 bridgehead atoms. The van der Waals surface area contributed by atoms with E-state index in [1.165, 1.54) is 18.2 Å². The molecule has 0 aliphatic rings. The van der Waals surface area contributed by atoms with Gasteiger partial charge in [0.05, 0.1) is 0 Å². The Morgan fingerprint density at radius 1 is 1.10 bits per heavy atom. The topological polar surface area (TPSA) is 99.5 Å². The number of phenolic OH excluding ortho intramolecular Hbond substituents is 1. The van der Waals surface area contributed by atoms with Gasteiger partial charge in [-0.05, 0) is 30.2 Å². The number of carboxylic acid groups (broad SMARTS) is 1. The molecule has 0 aliphatic heterocycles. The standard InChI is InChI=1S/C15H14N2O4/c18-12-6-2-1-4-10(12)8-9-14(19)17-13-7-3-5-11(16-13)15(20)21/h1-7,18H,8-9H2,(H,20,21)(H,16,17,19). The maximum Gasteiger partial charge on any atom is 0.354 e. The van der Waals surface area contributed by atoms with Crippen LogP contribution in [0.1, 0.15) is 22.5 Å². The number of aromatic carboxylic acids is 1. The summed E-state index contributed by atoms with van der Waals surface area (Å²) in [6.07, 6.45) is 0.549. The summed E-state index contributed by atoms with van der Waals surface area (Å²) >= 11 is 0. The third-order valence-corrected chi connectivity index (χ3v) is 2.85. The van der Waals surface area contributed by atoms with Crippen LogP contribution < -0.4 is 5.32 Å². The van der Waals surface area contributed by atoms with E-state index >= 15 is 0 Å². The molecule has 0 saturated carbocycles. The SMILES string of the molecule is O=C(CCc1ccccc1O)Nc1cccc(C(=O)O)n1. The van der Waals surface area contributed by atoms with Crippen molar-refractivity contribution in [2.75, 3.05) is 5.32 Å². The van der Waals surface area contributed by atoms with E-state index in [0.29, 0.717) is 12.0 Å². The van der Waals surface area contributed by atoms with Crippen molar-refractivity contribution in [3.8, 4) is 5.75 Å². The minimum Gasteiger partial charge on any atom is -0.508 e. The predicted octanol–water partition coefficient (Wildman–Crippen LogP) is 2.06. The number of carboxylic acids is 1. The quantitative estimate of drug-likeness (QED) is 0.781. The zero-order valence-electron chi connectivity index (χ0n) is 11.1. The van der Waals surface area contributed by atoms with E-state index in [1.54, 1.807) is 24.3 Å². The summed E-state index contributed by atoms with van der Waals surface area (Å²) in [5.74, 6) is -1.11. The second kappa shape index (κ2) is 6.51. The predicted molar refractivity (Wildman–Crippen MR) is 76.3 cm³/mol. The number of phenols is 1. The first-order valence-corrected chi connectivity index (χ1v) is 6.33. The molecule has 0 spiro atoms. The van der Waals surface area contributed by atoms with Gasteiger partial charge in [-0.25, -0.2) is 9.78 Å². The van der Waals surface area contributed by atoms with Crippen LogP contribution in [0.15, 0.2) is 42.5 Å². The molecular weight excluding hydrogens is 272 g/mol. The van der Waals surface area contributed by atoms with Crippen LogP contribution in [-0.2, 0) is 11.2 Å². The molecule has 0 unspecified atom stereocenters. The number of nitrogens with one attached hydrogen (secondary N) is 1. The molecular formula is C15H14N2O4. The number of nitrogens with zero attached hydrogens (tertiary/aromatic N) is 1. The van der Waals surface area contributed by atoms with Crippen LogP contribution in [0.4, 0.5) is 5.82 Å². The number of amides is 1. The summed E-state index contributed by atoms with van der Waals surface area (Å²) in [5, 5.41) is 21.0. The second-order valence-electron chi connectivity index (χ2n) is 4.39. The lowest BCUT2D eigenvalue weighted by Gasteiger charge is -2.06. The largest absolute Gasteiger partial charge is 0.508 e. The number of carbonyl (C=O) groups excluding carboxylic acids is 1. The van der Waals surface area contributed by atoms with Gasteiger partial charge in [0.2, 0.25) is 5.91 Å². The zero-order valence-corrected chi connectivity index (χ0v) is 11.1. The first-order valence-electron chi connectivity index (χ1n) is 6.33. The Hall–Kier alpha value is -2.89. The summed E-state index contributed by atoms with van der Waals surface area (Å²) < 4.78 is 0. The Morgan fingerprint density at radius 3 is 2.57 bits per heavy atom. The van der Waals surface area contributed by atoms with Gasteiger partial charge in [-0.2, -0.15) is 0 Å². The van der Waals surface area contributed by atoms with Gasteiger partial charge in [0, 0.05) is 6.42 Å². The second-order valence-corrected chi connectivity index (χ2v) is 4.39. The van der Waals surface area contributed by atoms with Crippen LogP contribution in [0, 0.1) is 0 Å². The normalized spacial score (nSPS) is 10.1. The highest BCUT2D eigenvalue weighted by atomic mass is 16.4. The number of aromatic nitrogens is 1. The number of pyridine rings is 1. The molecule has 108 valence electrons. The molecule has 1 amide bonds. The van der Waals surface area contributed by atoms with E-state index in [0.717, 1.165) is 0 Å². The highest BCUT2D eigenvalue weighted by molar-refractivity contribution is 5.91. The van der Waals surface area contributed by atoms with E-state index in [1.807, 2.05) is 0 Å². The zero-order chi connectivity index (χ0) is 15.2. The fraction of sp³-hybridized carbons (Fsp3) is 0.133. The maximum atomic E-state index is 11.8. The minimum atomic E-state index is -1.15. The van der Waals surface area contributed by atoms with Gasteiger partial charge in [-0.15, -0.1) is 0 Å². The number of rotatable bonds is 5. The molecule has 6 nitrogen and oxygen atoms in total. The Labute approximate surface area is 121 Å². The number of hydrogen-bond acceptors (Lipinski definition) is 4. The van der Waals surface area contributed by atoms with Crippen molar-refractivity contribution in [2.45, 2.75) is 12.8 Å². The number of benzene rings is 1. The van der Waals surface area contributed by atoms with Gasteiger partial charge in [-0.1, -0.05) is 24.3 Å². The van der Waals surface area contributed by atoms with Gasteiger partial charge in [0.15, 0.2) is 5.69 Å². The Kier molecular flexibility index (Phi) is 4.50. The summed E-state index contributed by atoms with van der Waals surface area (Å²) in [6, 6.07) is 11.2. The number of aryl methyl sites for hydroxylation is 1. The van der Waals surface area contributed by atoms with Crippen LogP contribution in [-0.4, -0.2) is 27.1 Å². The fourth-order valence-electron chi connectivity index (χ4n) is 1.80. The molecule has 1 aromatic heterocycles. The van der Waals surface area contributed by atoms with E-state index < -0.39 is 5.97 Å². The minimum absolute atomic E-state index is 0.131. The van der Waals surface area contributed by atoms with Crippen LogP contribution in [0.2, 0.25) is 0 Å². The van der Waals surface area contributed by atoms with Crippen molar-refractivity contribution >= 4 is 17.7 Å². The third kappa shape index (κ3) is 4.04. The molecule has 3 N–H and O–H groups in total. The number of hydrogen-bond donors (Lipinski definition) is 3. The van der Waals surface area contributed by atoms with Crippen LogP contribution in [0.5, 0.6) is 5.75 Å². The lowest BCUT2D eigenvalue weighted by molar-refractivity contribution is -0.116. The summed E-state index contributed by atoms with van der Waals surface area (Å²) in [6.45, 7) is 0. The molecule has 0 atom stereocenters. The average molecular weight is 286 g/mol. The average Bonchev–Trinajstić information content (AvgIpc) is 2.46. The van der Waals surface area contributed by atoms with Crippen LogP contribution in [0.25, 0.3) is 0 Å². The Morgan fingerprint density at radius 2 is 1.86 bits per heavy atom. The first kappa shape index (κ1) is 14.5. The molecule has 2 aromatic rings. The van der Waals surface area contributed by atoms with E-state index in [-0.39, 0.29) is 29.6 Å².